The van der Waals surface area contributed by atoms with Crippen LogP contribution < -0.4 is 10.5 Å². The normalized spacial score (nSPS) is 12.3. The van der Waals surface area contributed by atoms with Crippen LogP contribution in [0, 0.1) is 13.8 Å². The van der Waals surface area contributed by atoms with Crippen LogP contribution >= 0.6 is 27.5 Å². The lowest BCUT2D eigenvalue weighted by Gasteiger charge is -2.18. The first kappa shape index (κ1) is 16.3. The summed E-state index contributed by atoms with van der Waals surface area (Å²) < 4.78 is 6.28. The number of halogens is 2. The molecule has 2 N–H and O–H groups in total. The lowest BCUT2D eigenvalue weighted by Crippen LogP contribution is -2.15. The number of benzene rings is 2. The smallest absolute Gasteiger partial charge is 0.137 e. The topological polar surface area (TPSA) is 35.2 Å². The quantitative estimate of drug-likeness (QED) is 0.827. The molecule has 0 saturated carbocycles. The average molecular weight is 369 g/mol. The second-order valence-electron chi connectivity index (χ2n) is 5.25. The number of methoxy groups -OCH3 is 1. The van der Waals surface area contributed by atoms with Crippen molar-refractivity contribution in [2.24, 2.45) is 5.73 Å². The van der Waals surface area contributed by atoms with Gasteiger partial charge in [0.15, 0.2) is 0 Å². The van der Waals surface area contributed by atoms with Crippen molar-refractivity contribution in [3.8, 4) is 5.75 Å². The van der Waals surface area contributed by atoms with Gasteiger partial charge >= 0.3 is 0 Å². The first-order chi connectivity index (χ1) is 9.92. The highest BCUT2D eigenvalue weighted by atomic mass is 79.9. The minimum atomic E-state index is -0.171. The molecule has 0 aliphatic carbocycles. The van der Waals surface area contributed by atoms with Gasteiger partial charge in [-0.3, -0.25) is 0 Å². The molecule has 21 heavy (non-hydrogen) atoms. The van der Waals surface area contributed by atoms with Crippen LogP contribution in [0.2, 0.25) is 5.02 Å². The van der Waals surface area contributed by atoms with Gasteiger partial charge in [0.1, 0.15) is 5.75 Å². The highest BCUT2D eigenvalue weighted by Crippen LogP contribution is 2.36. The van der Waals surface area contributed by atoms with Crippen molar-refractivity contribution in [3.05, 3.63) is 62.1 Å². The SMILES string of the molecule is COc1c(Br)cc(Cl)cc1C(N)Cc1cc(C)ccc1C. The van der Waals surface area contributed by atoms with Gasteiger partial charge in [-0.2, -0.15) is 0 Å². The number of ether oxygens (including phenoxy) is 1. The van der Waals surface area contributed by atoms with E-state index in [1.54, 1.807) is 7.11 Å². The van der Waals surface area contributed by atoms with E-state index < -0.39 is 0 Å². The van der Waals surface area contributed by atoms with E-state index in [1.165, 1.54) is 16.7 Å². The molecule has 0 radical (unpaired) electrons. The van der Waals surface area contributed by atoms with E-state index >= 15 is 0 Å². The van der Waals surface area contributed by atoms with E-state index in [2.05, 4.69) is 48.0 Å². The third kappa shape index (κ3) is 3.79. The molecule has 0 amide bonds. The summed E-state index contributed by atoms with van der Waals surface area (Å²) in [5.41, 5.74) is 11.1. The number of hydrogen-bond donors (Lipinski definition) is 1. The van der Waals surface area contributed by atoms with Crippen LogP contribution in [0.4, 0.5) is 0 Å². The molecule has 112 valence electrons. The summed E-state index contributed by atoms with van der Waals surface area (Å²) in [5.74, 6) is 0.747. The molecule has 1 unspecified atom stereocenters. The van der Waals surface area contributed by atoms with Gasteiger partial charge in [-0.05, 0) is 59.5 Å². The first-order valence-corrected chi connectivity index (χ1v) is 7.94. The Kier molecular flexibility index (Phi) is 5.31. The van der Waals surface area contributed by atoms with Gasteiger partial charge in [-0.15, -0.1) is 0 Å². The molecule has 1 atom stereocenters. The third-order valence-corrected chi connectivity index (χ3v) is 4.39. The molecule has 0 aliphatic rings. The zero-order valence-corrected chi connectivity index (χ0v) is 14.8. The molecule has 2 rings (SSSR count). The molecule has 0 fully saturated rings. The van der Waals surface area contributed by atoms with Gasteiger partial charge in [-0.1, -0.05) is 35.4 Å². The van der Waals surface area contributed by atoms with Crippen LogP contribution in [0.1, 0.15) is 28.3 Å². The zero-order valence-electron chi connectivity index (χ0n) is 12.4. The summed E-state index contributed by atoms with van der Waals surface area (Å²) in [5, 5.41) is 0.647. The van der Waals surface area contributed by atoms with E-state index in [-0.39, 0.29) is 6.04 Å². The number of hydrogen-bond acceptors (Lipinski definition) is 2. The Hall–Kier alpha value is -1.03. The molecule has 0 heterocycles. The second-order valence-corrected chi connectivity index (χ2v) is 6.54. The molecule has 2 aromatic carbocycles. The van der Waals surface area contributed by atoms with Gasteiger partial charge in [0.25, 0.3) is 0 Å². The standard InChI is InChI=1S/C17H19BrClNO/c1-10-4-5-11(2)12(6-10)7-16(20)14-8-13(19)9-15(18)17(14)21-3/h4-6,8-9,16H,7,20H2,1-3H3. The maximum absolute atomic E-state index is 6.40. The minimum Gasteiger partial charge on any atom is -0.495 e. The molecule has 0 aromatic heterocycles. The minimum absolute atomic E-state index is 0.171. The Morgan fingerprint density at radius 1 is 1.24 bits per heavy atom. The van der Waals surface area contributed by atoms with Crippen LogP contribution in [0.3, 0.4) is 0 Å². The van der Waals surface area contributed by atoms with Gasteiger partial charge < -0.3 is 10.5 Å². The molecular formula is C17H19BrClNO. The lowest BCUT2D eigenvalue weighted by atomic mass is 9.95. The highest BCUT2D eigenvalue weighted by molar-refractivity contribution is 9.10. The summed E-state index contributed by atoms with van der Waals surface area (Å²) >= 11 is 9.61. The Balaban J connectivity index is 2.36. The average Bonchev–Trinajstić information content (AvgIpc) is 2.42. The molecule has 0 bridgehead atoms. The first-order valence-electron chi connectivity index (χ1n) is 6.77. The predicted octanol–water partition coefficient (Wildman–Crippen LogP) is 4.97. The van der Waals surface area contributed by atoms with E-state index in [4.69, 9.17) is 22.1 Å². The van der Waals surface area contributed by atoms with Crippen LogP contribution in [0.15, 0.2) is 34.8 Å². The maximum atomic E-state index is 6.40. The number of rotatable bonds is 4. The van der Waals surface area contributed by atoms with Gasteiger partial charge in [-0.25, -0.2) is 0 Å². The predicted molar refractivity (Wildman–Crippen MR) is 92.3 cm³/mol. The molecule has 0 aliphatic heterocycles. The Morgan fingerprint density at radius 2 is 1.95 bits per heavy atom. The van der Waals surface area contributed by atoms with Crippen molar-refractivity contribution in [2.45, 2.75) is 26.3 Å². The van der Waals surface area contributed by atoms with Gasteiger partial charge in [0.05, 0.1) is 11.6 Å². The van der Waals surface area contributed by atoms with Gasteiger partial charge in [0, 0.05) is 16.6 Å². The van der Waals surface area contributed by atoms with Crippen molar-refractivity contribution in [1.29, 1.82) is 0 Å². The Labute approximate surface area is 139 Å². The monoisotopic (exact) mass is 367 g/mol. The fourth-order valence-corrected chi connectivity index (χ4v) is 3.43. The summed E-state index contributed by atoms with van der Waals surface area (Å²) in [7, 11) is 1.64. The van der Waals surface area contributed by atoms with E-state index in [0.717, 1.165) is 22.2 Å². The highest BCUT2D eigenvalue weighted by Gasteiger charge is 2.17. The Morgan fingerprint density at radius 3 is 2.62 bits per heavy atom. The fraction of sp³-hybridized carbons (Fsp3) is 0.294. The van der Waals surface area contributed by atoms with Crippen molar-refractivity contribution < 1.29 is 4.74 Å². The van der Waals surface area contributed by atoms with E-state index in [0.29, 0.717) is 5.02 Å². The zero-order chi connectivity index (χ0) is 15.6. The van der Waals surface area contributed by atoms with E-state index in [9.17, 15) is 0 Å². The summed E-state index contributed by atoms with van der Waals surface area (Å²) in [6, 6.07) is 9.94. The number of aryl methyl sites for hydroxylation is 2. The maximum Gasteiger partial charge on any atom is 0.137 e. The second kappa shape index (κ2) is 6.82. The molecule has 0 spiro atoms. The van der Waals surface area contributed by atoms with Crippen molar-refractivity contribution >= 4 is 27.5 Å². The van der Waals surface area contributed by atoms with Crippen LogP contribution in [-0.4, -0.2) is 7.11 Å². The molecular weight excluding hydrogens is 350 g/mol. The van der Waals surface area contributed by atoms with Crippen LogP contribution in [0.25, 0.3) is 0 Å². The molecule has 2 nitrogen and oxygen atoms in total. The third-order valence-electron chi connectivity index (χ3n) is 3.59. The molecule has 2 aromatic rings. The fourth-order valence-electron chi connectivity index (χ4n) is 2.44. The molecule has 4 heteroatoms. The van der Waals surface area contributed by atoms with E-state index in [1.807, 2.05) is 12.1 Å². The summed E-state index contributed by atoms with van der Waals surface area (Å²) in [6.07, 6.45) is 0.747. The van der Waals surface area contributed by atoms with Crippen molar-refractivity contribution in [3.63, 3.8) is 0 Å². The summed E-state index contributed by atoms with van der Waals surface area (Å²) in [6.45, 7) is 4.19. The number of nitrogens with two attached hydrogens (primary N) is 1. The van der Waals surface area contributed by atoms with Crippen molar-refractivity contribution in [2.75, 3.05) is 7.11 Å². The lowest BCUT2D eigenvalue weighted by molar-refractivity contribution is 0.403. The molecule has 0 saturated heterocycles. The van der Waals surface area contributed by atoms with Crippen LogP contribution in [0.5, 0.6) is 5.75 Å². The largest absolute Gasteiger partial charge is 0.495 e. The van der Waals surface area contributed by atoms with Crippen LogP contribution in [-0.2, 0) is 6.42 Å². The Bertz CT molecular complexity index is 657. The summed E-state index contributed by atoms with van der Waals surface area (Å²) in [4.78, 5) is 0. The van der Waals surface area contributed by atoms with Crippen molar-refractivity contribution in [1.82, 2.24) is 0 Å². The van der Waals surface area contributed by atoms with Gasteiger partial charge in [0.2, 0.25) is 0 Å².